The monoisotopic (exact) mass is 439 g/mol. The van der Waals surface area contributed by atoms with Crippen molar-refractivity contribution in [2.24, 2.45) is 0 Å². The Kier molecular flexibility index (Phi) is 7.16. The van der Waals surface area contributed by atoms with Gasteiger partial charge in [0.05, 0.1) is 22.6 Å². The number of anilines is 1. The molecule has 1 aromatic heterocycles. The van der Waals surface area contributed by atoms with Crippen molar-refractivity contribution < 1.29 is 22.9 Å². The fourth-order valence-electron chi connectivity index (χ4n) is 3.09. The van der Waals surface area contributed by atoms with E-state index < -0.39 is 20.9 Å². The topological polar surface area (TPSA) is 137 Å². The Labute approximate surface area is 174 Å². The summed E-state index contributed by atoms with van der Waals surface area (Å²) in [7, 11) is -2.33. The highest BCUT2D eigenvalue weighted by molar-refractivity contribution is 7.89. The van der Waals surface area contributed by atoms with Crippen LogP contribution in [0.25, 0.3) is 0 Å². The lowest BCUT2D eigenvalue weighted by molar-refractivity contribution is -0.386. The molecule has 0 saturated carbocycles. The molecule has 2 aromatic rings. The zero-order valence-electron chi connectivity index (χ0n) is 17.5. The Hall–Kier alpha value is -2.99. The van der Waals surface area contributed by atoms with E-state index in [2.05, 4.69) is 10.4 Å². The first-order valence-electron chi connectivity index (χ1n) is 9.23. The fourth-order valence-corrected chi connectivity index (χ4v) is 4.57. The Morgan fingerprint density at radius 2 is 1.93 bits per heavy atom. The van der Waals surface area contributed by atoms with Gasteiger partial charge in [0.15, 0.2) is 0 Å². The van der Waals surface area contributed by atoms with Gasteiger partial charge in [-0.05, 0) is 32.0 Å². The van der Waals surface area contributed by atoms with E-state index in [1.54, 1.807) is 13.8 Å². The molecular weight excluding hydrogens is 414 g/mol. The average Bonchev–Trinajstić information content (AvgIpc) is 2.95. The largest absolute Gasteiger partial charge is 0.495 e. The van der Waals surface area contributed by atoms with E-state index >= 15 is 0 Å². The highest BCUT2D eigenvalue weighted by Gasteiger charge is 2.25. The molecule has 1 heterocycles. The Morgan fingerprint density at radius 1 is 1.30 bits per heavy atom. The fraction of sp³-hybridized carbons (Fsp3) is 0.444. The summed E-state index contributed by atoms with van der Waals surface area (Å²) in [5.41, 5.74) is 0.479. The highest BCUT2D eigenvalue weighted by Crippen LogP contribution is 2.29. The van der Waals surface area contributed by atoms with Gasteiger partial charge in [-0.15, -0.1) is 0 Å². The van der Waals surface area contributed by atoms with Gasteiger partial charge < -0.3 is 10.1 Å². The minimum absolute atomic E-state index is 0.0176. The second kappa shape index (κ2) is 9.22. The number of hydrogen-bond acceptors (Lipinski definition) is 7. The van der Waals surface area contributed by atoms with E-state index in [9.17, 15) is 23.3 Å². The van der Waals surface area contributed by atoms with Crippen LogP contribution < -0.4 is 10.1 Å². The number of rotatable bonds is 9. The molecule has 0 aliphatic heterocycles. The lowest BCUT2D eigenvalue weighted by Gasteiger charge is -2.19. The molecule has 0 atom stereocenters. The average molecular weight is 439 g/mol. The predicted octanol–water partition coefficient (Wildman–Crippen LogP) is 2.09. The number of ether oxygens (including phenoxy) is 1. The lowest BCUT2D eigenvalue weighted by atomic mass is 10.3. The van der Waals surface area contributed by atoms with Gasteiger partial charge in [-0.3, -0.25) is 19.6 Å². The quantitative estimate of drug-likeness (QED) is 0.466. The molecule has 12 heteroatoms. The molecule has 0 aliphatic carbocycles. The summed E-state index contributed by atoms with van der Waals surface area (Å²) >= 11 is 0. The number of aromatic nitrogens is 2. The van der Waals surface area contributed by atoms with E-state index in [1.807, 2.05) is 0 Å². The molecule has 1 aromatic carbocycles. The summed E-state index contributed by atoms with van der Waals surface area (Å²) in [6, 6.07) is 4.20. The van der Waals surface area contributed by atoms with Gasteiger partial charge >= 0.3 is 5.69 Å². The maximum absolute atomic E-state index is 12.8. The number of carbonyl (C=O) groups is 1. The number of nitro groups is 1. The van der Waals surface area contributed by atoms with E-state index in [-0.39, 0.29) is 40.0 Å². The number of aryl methyl sites for hydroxylation is 1. The molecule has 0 saturated heterocycles. The molecule has 11 nitrogen and oxygen atoms in total. The van der Waals surface area contributed by atoms with Gasteiger partial charge in [0.25, 0.3) is 0 Å². The maximum Gasteiger partial charge on any atom is 0.312 e. The van der Waals surface area contributed by atoms with E-state index in [0.717, 1.165) is 0 Å². The molecule has 0 bridgehead atoms. The first kappa shape index (κ1) is 23.3. The second-order valence-electron chi connectivity index (χ2n) is 6.43. The van der Waals surface area contributed by atoms with Crippen molar-refractivity contribution in [1.82, 2.24) is 14.1 Å². The molecule has 0 unspecified atom stereocenters. The van der Waals surface area contributed by atoms with E-state index in [0.29, 0.717) is 13.1 Å². The van der Waals surface area contributed by atoms with Gasteiger partial charge in [0, 0.05) is 13.1 Å². The molecule has 2 rings (SSSR count). The number of benzene rings is 1. The summed E-state index contributed by atoms with van der Waals surface area (Å²) < 4.78 is 33.3. The van der Waals surface area contributed by atoms with Crippen LogP contribution in [0.2, 0.25) is 0 Å². The molecule has 0 radical (unpaired) electrons. The van der Waals surface area contributed by atoms with Crippen LogP contribution in [0, 0.1) is 24.0 Å². The molecule has 0 fully saturated rings. The van der Waals surface area contributed by atoms with Crippen molar-refractivity contribution in [3.8, 4) is 5.75 Å². The van der Waals surface area contributed by atoms with Crippen LogP contribution >= 0.6 is 0 Å². The number of hydrogen-bond donors (Lipinski definition) is 1. The first-order chi connectivity index (χ1) is 14.1. The second-order valence-corrected chi connectivity index (χ2v) is 8.37. The Bertz CT molecular complexity index is 1060. The van der Waals surface area contributed by atoms with Crippen LogP contribution in [0.4, 0.5) is 11.4 Å². The normalized spacial score (nSPS) is 11.5. The summed E-state index contributed by atoms with van der Waals surface area (Å²) in [6.07, 6.45) is 0. The van der Waals surface area contributed by atoms with Crippen molar-refractivity contribution in [2.45, 2.75) is 39.1 Å². The SMILES string of the molecule is CCN(CC)S(=O)(=O)c1ccc(OC)c(NC(=O)Cn2nc(C)c([N+](=O)[O-])c2C)c1. The molecule has 0 aliphatic rings. The summed E-state index contributed by atoms with van der Waals surface area (Å²) in [6.45, 7) is 6.80. The number of nitrogens with one attached hydrogen (secondary N) is 1. The Balaban J connectivity index is 2.33. The standard InChI is InChI=1S/C18H25N5O6S/c1-6-21(7-2)30(27,28)14-8-9-16(29-5)15(10-14)19-17(24)11-22-13(4)18(23(25)26)12(3)20-22/h8-10H,6-7,11H2,1-5H3,(H,19,24). The number of amides is 1. The summed E-state index contributed by atoms with van der Waals surface area (Å²) in [4.78, 5) is 23.1. The van der Waals surface area contributed by atoms with Crippen molar-refractivity contribution >= 4 is 27.3 Å². The number of sulfonamides is 1. The van der Waals surface area contributed by atoms with Crippen LogP contribution in [0.1, 0.15) is 25.2 Å². The number of methoxy groups -OCH3 is 1. The van der Waals surface area contributed by atoms with Crippen LogP contribution in [-0.4, -0.2) is 53.5 Å². The minimum atomic E-state index is -3.73. The summed E-state index contributed by atoms with van der Waals surface area (Å²) in [5.74, 6) is -0.257. The van der Waals surface area contributed by atoms with Crippen molar-refractivity contribution in [2.75, 3.05) is 25.5 Å². The van der Waals surface area contributed by atoms with Gasteiger partial charge in [0.2, 0.25) is 15.9 Å². The molecule has 164 valence electrons. The third-order valence-corrected chi connectivity index (χ3v) is 6.65. The van der Waals surface area contributed by atoms with Crippen molar-refractivity contribution in [3.05, 3.63) is 39.7 Å². The molecular formula is C18H25N5O6S. The highest BCUT2D eigenvalue weighted by atomic mass is 32.2. The van der Waals surface area contributed by atoms with Gasteiger partial charge in [0.1, 0.15) is 23.7 Å². The van der Waals surface area contributed by atoms with Crippen LogP contribution in [-0.2, 0) is 21.4 Å². The Morgan fingerprint density at radius 3 is 2.43 bits per heavy atom. The molecule has 1 amide bonds. The van der Waals surface area contributed by atoms with E-state index in [1.165, 1.54) is 48.1 Å². The zero-order valence-corrected chi connectivity index (χ0v) is 18.3. The smallest absolute Gasteiger partial charge is 0.312 e. The van der Waals surface area contributed by atoms with E-state index in [4.69, 9.17) is 4.74 Å². The predicted molar refractivity (Wildman–Crippen MR) is 110 cm³/mol. The van der Waals surface area contributed by atoms with Crippen LogP contribution in [0.5, 0.6) is 5.75 Å². The molecule has 30 heavy (non-hydrogen) atoms. The number of carbonyl (C=O) groups excluding carboxylic acids is 1. The minimum Gasteiger partial charge on any atom is -0.495 e. The third-order valence-electron chi connectivity index (χ3n) is 4.61. The maximum atomic E-state index is 12.8. The molecule has 0 spiro atoms. The lowest BCUT2D eigenvalue weighted by Crippen LogP contribution is -2.30. The first-order valence-corrected chi connectivity index (χ1v) is 10.7. The molecule has 1 N–H and O–H groups in total. The van der Waals surface area contributed by atoms with Crippen molar-refractivity contribution in [3.63, 3.8) is 0 Å². The van der Waals surface area contributed by atoms with Gasteiger partial charge in [-0.2, -0.15) is 9.40 Å². The number of nitrogens with zero attached hydrogens (tertiary/aromatic N) is 4. The third kappa shape index (κ3) is 4.60. The van der Waals surface area contributed by atoms with Gasteiger partial charge in [-0.25, -0.2) is 8.42 Å². The van der Waals surface area contributed by atoms with Crippen LogP contribution in [0.15, 0.2) is 23.1 Å². The van der Waals surface area contributed by atoms with Crippen LogP contribution in [0.3, 0.4) is 0 Å². The zero-order chi connectivity index (χ0) is 22.6. The summed E-state index contributed by atoms with van der Waals surface area (Å²) in [5, 5.41) is 17.8. The van der Waals surface area contributed by atoms with Gasteiger partial charge in [-0.1, -0.05) is 13.8 Å². The van der Waals surface area contributed by atoms with Crippen molar-refractivity contribution in [1.29, 1.82) is 0 Å².